The number of halogens is 3. The standard InChI is InChI=1S/C23H28Cl2FN3O4S/c1-4-5-12-27-23(31)16(2)28(14-17-8-6-7-9-19(17)24)22(30)15-29(34(3,32)33)18-10-11-21(26)20(25)13-18/h6-11,13,16H,4-5,12,14-15H2,1-3H3,(H,27,31). The van der Waals surface area contributed by atoms with Crippen LogP contribution < -0.4 is 9.62 Å². The molecule has 0 saturated carbocycles. The van der Waals surface area contributed by atoms with Crippen LogP contribution in [0.15, 0.2) is 42.5 Å². The largest absolute Gasteiger partial charge is 0.354 e. The van der Waals surface area contributed by atoms with Gasteiger partial charge in [-0.15, -0.1) is 0 Å². The van der Waals surface area contributed by atoms with Crippen molar-refractivity contribution >= 4 is 50.7 Å². The van der Waals surface area contributed by atoms with Crippen LogP contribution in [0.25, 0.3) is 0 Å². The second kappa shape index (κ2) is 12.4. The summed E-state index contributed by atoms with van der Waals surface area (Å²) in [6, 6.07) is 9.33. The van der Waals surface area contributed by atoms with E-state index in [0.717, 1.165) is 35.5 Å². The fourth-order valence-electron chi connectivity index (χ4n) is 3.18. The van der Waals surface area contributed by atoms with Gasteiger partial charge in [0.15, 0.2) is 0 Å². The van der Waals surface area contributed by atoms with Crippen molar-refractivity contribution in [3.05, 3.63) is 63.9 Å². The van der Waals surface area contributed by atoms with E-state index < -0.39 is 34.3 Å². The molecule has 1 atom stereocenters. The van der Waals surface area contributed by atoms with Gasteiger partial charge in [0.05, 0.1) is 17.0 Å². The Morgan fingerprint density at radius 1 is 1.12 bits per heavy atom. The normalized spacial score (nSPS) is 12.2. The van der Waals surface area contributed by atoms with E-state index in [1.54, 1.807) is 31.2 Å². The number of amides is 2. The van der Waals surface area contributed by atoms with Gasteiger partial charge in [0.2, 0.25) is 21.8 Å². The highest BCUT2D eigenvalue weighted by atomic mass is 35.5. The first-order valence-corrected chi connectivity index (χ1v) is 13.3. The van der Waals surface area contributed by atoms with Gasteiger partial charge in [-0.2, -0.15) is 0 Å². The zero-order valence-electron chi connectivity index (χ0n) is 19.2. The molecule has 2 amide bonds. The monoisotopic (exact) mass is 531 g/mol. The van der Waals surface area contributed by atoms with Crippen LogP contribution >= 0.6 is 23.2 Å². The smallest absolute Gasteiger partial charge is 0.244 e. The second-order valence-electron chi connectivity index (χ2n) is 7.80. The van der Waals surface area contributed by atoms with Crippen molar-refractivity contribution in [3.8, 4) is 0 Å². The van der Waals surface area contributed by atoms with E-state index >= 15 is 0 Å². The Hall–Kier alpha value is -2.36. The summed E-state index contributed by atoms with van der Waals surface area (Å²) in [5, 5.41) is 2.92. The molecule has 11 heteroatoms. The molecule has 0 saturated heterocycles. The van der Waals surface area contributed by atoms with E-state index in [1.807, 2.05) is 6.92 Å². The number of sulfonamides is 1. The van der Waals surface area contributed by atoms with E-state index in [1.165, 1.54) is 11.0 Å². The van der Waals surface area contributed by atoms with Gasteiger partial charge >= 0.3 is 0 Å². The van der Waals surface area contributed by atoms with Crippen LogP contribution in [0.1, 0.15) is 32.3 Å². The molecule has 0 spiro atoms. The Bertz CT molecular complexity index is 1130. The number of unbranched alkanes of at least 4 members (excludes halogenated alkanes) is 1. The minimum absolute atomic E-state index is 0.0113. The number of hydrogen-bond acceptors (Lipinski definition) is 4. The van der Waals surface area contributed by atoms with Crippen molar-refractivity contribution in [1.29, 1.82) is 0 Å². The summed E-state index contributed by atoms with van der Waals surface area (Å²) in [6.45, 7) is 3.39. The van der Waals surface area contributed by atoms with Gasteiger partial charge in [-0.3, -0.25) is 13.9 Å². The molecule has 0 bridgehead atoms. The lowest BCUT2D eigenvalue weighted by atomic mass is 10.1. The number of rotatable bonds is 11. The van der Waals surface area contributed by atoms with E-state index in [4.69, 9.17) is 23.2 Å². The van der Waals surface area contributed by atoms with Gasteiger partial charge in [0.1, 0.15) is 18.4 Å². The summed E-state index contributed by atoms with van der Waals surface area (Å²) >= 11 is 12.1. The Kier molecular flexibility index (Phi) is 10.1. The minimum atomic E-state index is -3.94. The van der Waals surface area contributed by atoms with Crippen LogP contribution in [-0.2, 0) is 26.2 Å². The number of benzene rings is 2. The Morgan fingerprint density at radius 2 is 1.79 bits per heavy atom. The zero-order chi connectivity index (χ0) is 25.5. The number of hydrogen-bond donors (Lipinski definition) is 1. The molecule has 0 aliphatic rings. The summed E-state index contributed by atoms with van der Waals surface area (Å²) in [4.78, 5) is 27.4. The average Bonchev–Trinajstić information content (AvgIpc) is 2.77. The fraction of sp³-hybridized carbons (Fsp3) is 0.391. The Labute approximate surface area is 209 Å². The molecular formula is C23H28Cl2FN3O4S. The van der Waals surface area contributed by atoms with E-state index in [0.29, 0.717) is 17.1 Å². The van der Waals surface area contributed by atoms with Crippen molar-refractivity contribution in [2.75, 3.05) is 23.7 Å². The molecule has 2 aromatic carbocycles. The molecule has 0 fully saturated rings. The van der Waals surface area contributed by atoms with Crippen molar-refractivity contribution in [2.45, 2.75) is 39.3 Å². The molecule has 0 radical (unpaired) electrons. The third-order valence-corrected chi connectivity index (χ3v) is 6.96. The van der Waals surface area contributed by atoms with Crippen molar-refractivity contribution in [3.63, 3.8) is 0 Å². The van der Waals surface area contributed by atoms with Gasteiger partial charge < -0.3 is 10.2 Å². The lowest BCUT2D eigenvalue weighted by Crippen LogP contribution is -2.51. The maximum Gasteiger partial charge on any atom is 0.244 e. The van der Waals surface area contributed by atoms with Crippen LogP contribution in [0.2, 0.25) is 10.0 Å². The van der Waals surface area contributed by atoms with Crippen molar-refractivity contribution in [2.24, 2.45) is 0 Å². The molecular weight excluding hydrogens is 504 g/mol. The number of carbonyl (C=O) groups is 2. The predicted molar refractivity (Wildman–Crippen MR) is 133 cm³/mol. The average molecular weight is 532 g/mol. The summed E-state index contributed by atoms with van der Waals surface area (Å²) in [5.41, 5.74) is 0.626. The topological polar surface area (TPSA) is 86.8 Å². The first-order valence-electron chi connectivity index (χ1n) is 10.7. The quantitative estimate of drug-likeness (QED) is 0.439. The number of nitrogens with one attached hydrogen (secondary N) is 1. The molecule has 34 heavy (non-hydrogen) atoms. The summed E-state index contributed by atoms with van der Waals surface area (Å²) < 4.78 is 39.4. The third kappa shape index (κ3) is 7.58. The lowest BCUT2D eigenvalue weighted by Gasteiger charge is -2.31. The second-order valence-corrected chi connectivity index (χ2v) is 10.5. The summed E-state index contributed by atoms with van der Waals surface area (Å²) in [7, 11) is -3.94. The first-order chi connectivity index (χ1) is 16.0. The third-order valence-electron chi connectivity index (χ3n) is 5.17. The molecule has 7 nitrogen and oxygen atoms in total. The van der Waals surface area contributed by atoms with Crippen LogP contribution in [0, 0.1) is 5.82 Å². The molecule has 2 aromatic rings. The highest BCUT2D eigenvalue weighted by molar-refractivity contribution is 7.92. The predicted octanol–water partition coefficient (Wildman–Crippen LogP) is 4.23. The number of anilines is 1. The Balaban J connectivity index is 2.38. The SMILES string of the molecule is CCCCNC(=O)C(C)N(Cc1ccccc1Cl)C(=O)CN(c1ccc(F)c(Cl)c1)S(C)(=O)=O. The van der Waals surface area contributed by atoms with Crippen molar-refractivity contribution < 1.29 is 22.4 Å². The summed E-state index contributed by atoms with van der Waals surface area (Å²) in [6.07, 6.45) is 2.60. The van der Waals surface area contributed by atoms with Gasteiger partial charge in [-0.25, -0.2) is 12.8 Å². The van der Waals surface area contributed by atoms with Crippen LogP contribution in [-0.4, -0.2) is 50.5 Å². The molecule has 0 aliphatic carbocycles. The van der Waals surface area contributed by atoms with E-state index in [2.05, 4.69) is 5.32 Å². The van der Waals surface area contributed by atoms with Crippen LogP contribution in [0.5, 0.6) is 0 Å². The highest BCUT2D eigenvalue weighted by Gasteiger charge is 2.30. The van der Waals surface area contributed by atoms with Crippen LogP contribution in [0.3, 0.4) is 0 Å². The molecule has 0 aromatic heterocycles. The van der Waals surface area contributed by atoms with Gasteiger partial charge in [-0.05, 0) is 43.2 Å². The molecule has 2 rings (SSSR count). The molecule has 1 N–H and O–H groups in total. The molecule has 0 aliphatic heterocycles. The van der Waals surface area contributed by atoms with E-state index in [-0.39, 0.29) is 23.2 Å². The van der Waals surface area contributed by atoms with Gasteiger partial charge in [0.25, 0.3) is 0 Å². The van der Waals surface area contributed by atoms with Gasteiger partial charge in [0, 0.05) is 18.1 Å². The summed E-state index contributed by atoms with van der Waals surface area (Å²) in [5.74, 6) is -1.73. The lowest BCUT2D eigenvalue weighted by molar-refractivity contribution is -0.139. The molecule has 0 heterocycles. The molecule has 1 unspecified atom stereocenters. The number of carbonyl (C=O) groups excluding carboxylic acids is 2. The number of nitrogens with zero attached hydrogens (tertiary/aromatic N) is 2. The Morgan fingerprint density at radius 3 is 2.38 bits per heavy atom. The maximum absolute atomic E-state index is 13.6. The maximum atomic E-state index is 13.6. The highest BCUT2D eigenvalue weighted by Crippen LogP contribution is 2.25. The van der Waals surface area contributed by atoms with Crippen molar-refractivity contribution in [1.82, 2.24) is 10.2 Å². The minimum Gasteiger partial charge on any atom is -0.354 e. The first kappa shape index (κ1) is 27.9. The fourth-order valence-corrected chi connectivity index (χ4v) is 4.39. The van der Waals surface area contributed by atoms with E-state index in [9.17, 15) is 22.4 Å². The molecule has 186 valence electrons. The zero-order valence-corrected chi connectivity index (χ0v) is 21.6. The van der Waals surface area contributed by atoms with Crippen LogP contribution in [0.4, 0.5) is 10.1 Å². The van der Waals surface area contributed by atoms with Gasteiger partial charge in [-0.1, -0.05) is 54.7 Å².